The molecule has 66 valence electrons. The third-order valence-electron chi connectivity index (χ3n) is 1.74. The van der Waals surface area contributed by atoms with Gasteiger partial charge in [-0.25, -0.2) is 0 Å². The Morgan fingerprint density at radius 1 is 1.45 bits per heavy atom. The van der Waals surface area contributed by atoms with E-state index in [1.54, 1.807) is 6.92 Å². The van der Waals surface area contributed by atoms with Gasteiger partial charge in [-0.3, -0.25) is 4.21 Å². The summed E-state index contributed by atoms with van der Waals surface area (Å²) < 4.78 is 31.1. The fraction of sp³-hybridized carbons (Fsp3) is 1.00. The van der Waals surface area contributed by atoms with Crippen molar-refractivity contribution in [2.45, 2.75) is 31.5 Å². The lowest BCUT2D eigenvalue weighted by Gasteiger charge is -2.33. The average molecular weight is 179 g/mol. The summed E-state index contributed by atoms with van der Waals surface area (Å²) in [5.41, 5.74) is -0.791. The summed E-state index contributed by atoms with van der Waals surface area (Å²) >= 11 is -2.18. The van der Waals surface area contributed by atoms with Crippen molar-refractivity contribution in [1.29, 1.82) is 0 Å². The smallest absolute Gasteiger partial charge is 0.143 e. The van der Waals surface area contributed by atoms with Crippen LogP contribution in [0, 0.1) is 0 Å². The molecular formula is C6H11O4S-. The van der Waals surface area contributed by atoms with Crippen molar-refractivity contribution in [3.05, 3.63) is 0 Å². The Morgan fingerprint density at radius 2 is 2.09 bits per heavy atom. The minimum atomic E-state index is -2.18. The summed E-state index contributed by atoms with van der Waals surface area (Å²) in [6.07, 6.45) is -0.165. The first-order chi connectivity index (χ1) is 5.11. The van der Waals surface area contributed by atoms with Gasteiger partial charge in [0.2, 0.25) is 0 Å². The molecule has 4 nitrogen and oxygen atoms in total. The predicted octanol–water partition coefficient (Wildman–Crippen LogP) is 0.0154. The van der Waals surface area contributed by atoms with Gasteiger partial charge in [-0.05, 0) is 24.9 Å². The molecule has 0 aromatic carbocycles. The molecule has 0 bridgehead atoms. The number of ether oxygens (including phenoxy) is 2. The van der Waals surface area contributed by atoms with Crippen molar-refractivity contribution in [2.75, 3.05) is 6.61 Å². The highest BCUT2D eigenvalue weighted by Gasteiger charge is 2.25. The molecule has 0 aliphatic carbocycles. The molecular weight excluding hydrogens is 168 g/mol. The van der Waals surface area contributed by atoms with Crippen LogP contribution in [-0.4, -0.2) is 33.0 Å². The SMILES string of the molecule is CC1OCC(S(=O)[O-])OC1C. The first-order valence-corrected chi connectivity index (χ1v) is 4.60. The van der Waals surface area contributed by atoms with Gasteiger partial charge in [-0.15, -0.1) is 0 Å². The Hall–Kier alpha value is 0.0300. The zero-order chi connectivity index (χ0) is 8.43. The van der Waals surface area contributed by atoms with Crippen molar-refractivity contribution in [3.8, 4) is 0 Å². The Kier molecular flexibility index (Phi) is 3.00. The Balaban J connectivity index is 2.46. The van der Waals surface area contributed by atoms with E-state index in [1.807, 2.05) is 6.92 Å². The minimum Gasteiger partial charge on any atom is -0.770 e. The first kappa shape index (κ1) is 9.12. The zero-order valence-corrected chi connectivity index (χ0v) is 7.30. The summed E-state index contributed by atoms with van der Waals surface area (Å²) in [5, 5.41) is 0. The topological polar surface area (TPSA) is 58.6 Å². The third-order valence-corrected chi connectivity index (χ3v) is 2.41. The van der Waals surface area contributed by atoms with E-state index >= 15 is 0 Å². The lowest BCUT2D eigenvalue weighted by molar-refractivity contribution is -0.140. The highest BCUT2D eigenvalue weighted by Crippen LogP contribution is 2.15. The highest BCUT2D eigenvalue weighted by molar-refractivity contribution is 7.79. The van der Waals surface area contributed by atoms with Gasteiger partial charge in [0.1, 0.15) is 5.44 Å². The third kappa shape index (κ3) is 2.23. The highest BCUT2D eigenvalue weighted by atomic mass is 32.2. The predicted molar refractivity (Wildman–Crippen MR) is 38.7 cm³/mol. The maximum Gasteiger partial charge on any atom is 0.143 e. The molecule has 1 saturated heterocycles. The lowest BCUT2D eigenvalue weighted by Crippen LogP contribution is -2.42. The molecule has 0 aromatic heterocycles. The van der Waals surface area contributed by atoms with Gasteiger partial charge in [0, 0.05) is 0 Å². The molecule has 0 saturated carbocycles. The van der Waals surface area contributed by atoms with E-state index in [0.717, 1.165) is 0 Å². The van der Waals surface area contributed by atoms with Crippen LogP contribution in [0.4, 0.5) is 0 Å². The largest absolute Gasteiger partial charge is 0.770 e. The van der Waals surface area contributed by atoms with Crippen LogP contribution in [-0.2, 0) is 20.6 Å². The maximum absolute atomic E-state index is 10.4. The van der Waals surface area contributed by atoms with Gasteiger partial charge >= 0.3 is 0 Å². The molecule has 0 radical (unpaired) electrons. The molecule has 4 atom stereocenters. The molecule has 4 unspecified atom stereocenters. The van der Waals surface area contributed by atoms with Gasteiger partial charge in [-0.2, -0.15) is 0 Å². The van der Waals surface area contributed by atoms with Crippen LogP contribution in [0.15, 0.2) is 0 Å². The summed E-state index contributed by atoms with van der Waals surface area (Å²) in [4.78, 5) is 0. The van der Waals surface area contributed by atoms with Crippen molar-refractivity contribution in [2.24, 2.45) is 0 Å². The molecule has 11 heavy (non-hydrogen) atoms. The summed E-state index contributed by atoms with van der Waals surface area (Å²) in [7, 11) is 0. The monoisotopic (exact) mass is 179 g/mol. The molecule has 0 aromatic rings. The summed E-state index contributed by atoms with van der Waals surface area (Å²) in [6, 6.07) is 0. The van der Waals surface area contributed by atoms with Crippen molar-refractivity contribution < 1.29 is 18.2 Å². The van der Waals surface area contributed by atoms with Gasteiger partial charge in [0.05, 0.1) is 18.8 Å². The number of hydrogen-bond donors (Lipinski definition) is 0. The Labute approximate surface area is 68.2 Å². The van der Waals surface area contributed by atoms with Crippen molar-refractivity contribution in [1.82, 2.24) is 0 Å². The van der Waals surface area contributed by atoms with E-state index in [-0.39, 0.29) is 18.8 Å². The van der Waals surface area contributed by atoms with Gasteiger partial charge in [0.15, 0.2) is 0 Å². The minimum absolute atomic E-state index is 0.0187. The molecule has 0 spiro atoms. The van der Waals surface area contributed by atoms with Crippen LogP contribution in [0.1, 0.15) is 13.8 Å². The van der Waals surface area contributed by atoms with E-state index in [0.29, 0.717) is 0 Å². The van der Waals surface area contributed by atoms with Crippen LogP contribution >= 0.6 is 0 Å². The van der Waals surface area contributed by atoms with Crippen LogP contribution in [0.2, 0.25) is 0 Å². The van der Waals surface area contributed by atoms with E-state index in [2.05, 4.69) is 0 Å². The maximum atomic E-state index is 10.4. The van der Waals surface area contributed by atoms with Crippen molar-refractivity contribution in [3.63, 3.8) is 0 Å². The van der Waals surface area contributed by atoms with Crippen molar-refractivity contribution >= 4 is 11.1 Å². The zero-order valence-electron chi connectivity index (χ0n) is 6.48. The van der Waals surface area contributed by atoms with E-state index in [9.17, 15) is 8.76 Å². The molecule has 1 aliphatic heterocycles. The second-order valence-corrected chi connectivity index (χ2v) is 3.62. The quantitative estimate of drug-likeness (QED) is 0.532. The van der Waals surface area contributed by atoms with Gasteiger partial charge < -0.3 is 14.0 Å². The Morgan fingerprint density at radius 3 is 2.55 bits per heavy atom. The summed E-state index contributed by atoms with van der Waals surface area (Å²) in [5.74, 6) is 0. The fourth-order valence-electron chi connectivity index (χ4n) is 0.856. The Bertz CT molecular complexity index is 161. The van der Waals surface area contributed by atoms with E-state index < -0.39 is 16.5 Å². The lowest BCUT2D eigenvalue weighted by atomic mass is 10.2. The van der Waals surface area contributed by atoms with E-state index in [1.165, 1.54) is 0 Å². The molecule has 0 N–H and O–H groups in total. The standard InChI is InChI=1S/C6H12O4S/c1-4-5(2)10-6(3-9-4)11(7)8/h4-6H,3H2,1-2H3,(H,7,8)/p-1. The number of rotatable bonds is 1. The van der Waals surface area contributed by atoms with Gasteiger partial charge in [0.25, 0.3) is 0 Å². The molecule has 0 amide bonds. The van der Waals surface area contributed by atoms with Crippen LogP contribution in [0.25, 0.3) is 0 Å². The normalized spacial score (nSPS) is 41.9. The molecule has 1 rings (SSSR count). The van der Waals surface area contributed by atoms with Crippen LogP contribution in [0.5, 0.6) is 0 Å². The van der Waals surface area contributed by atoms with Crippen LogP contribution < -0.4 is 0 Å². The average Bonchev–Trinajstić information content (AvgIpc) is 1.94. The molecule has 1 fully saturated rings. The molecule has 1 heterocycles. The molecule has 1 aliphatic rings. The fourth-order valence-corrected chi connectivity index (χ4v) is 1.31. The molecule has 5 heteroatoms. The van der Waals surface area contributed by atoms with Gasteiger partial charge in [-0.1, -0.05) is 0 Å². The first-order valence-electron chi connectivity index (χ1n) is 3.46. The number of hydrogen-bond acceptors (Lipinski definition) is 4. The van der Waals surface area contributed by atoms with Crippen LogP contribution in [0.3, 0.4) is 0 Å². The second-order valence-electron chi connectivity index (χ2n) is 2.57. The summed E-state index contributed by atoms with van der Waals surface area (Å²) in [6.45, 7) is 3.79. The second kappa shape index (κ2) is 3.62. The van der Waals surface area contributed by atoms with E-state index in [4.69, 9.17) is 9.47 Å².